The minimum absolute atomic E-state index is 0.0298. The van der Waals surface area contributed by atoms with Crippen molar-refractivity contribution in [3.63, 3.8) is 0 Å². The van der Waals surface area contributed by atoms with Gasteiger partial charge in [0.25, 0.3) is 0 Å². The van der Waals surface area contributed by atoms with E-state index >= 15 is 0 Å². The Bertz CT molecular complexity index is 975. The Labute approximate surface area is 145 Å². The highest BCUT2D eigenvalue weighted by molar-refractivity contribution is 5.69. The molecule has 0 aliphatic heterocycles. The molecular weight excluding hydrogens is 310 g/mol. The first-order valence-corrected chi connectivity index (χ1v) is 8.12. The lowest BCUT2D eigenvalue weighted by atomic mass is 10.0. The third kappa shape index (κ3) is 3.07. The maximum atomic E-state index is 9.48. The molecule has 4 nitrogen and oxygen atoms in total. The average molecular weight is 327 g/mol. The zero-order valence-electron chi connectivity index (χ0n) is 13.6. The van der Waals surface area contributed by atoms with Gasteiger partial charge < -0.3 is 5.11 Å². The summed E-state index contributed by atoms with van der Waals surface area (Å²) in [4.78, 5) is 4.58. The van der Waals surface area contributed by atoms with Crippen LogP contribution in [0.1, 0.15) is 5.56 Å². The third-order valence-electron chi connectivity index (χ3n) is 4.18. The molecule has 1 heterocycles. The maximum Gasteiger partial charge on any atom is 0.181 e. The molecule has 0 radical (unpaired) electrons. The molecule has 2 N–H and O–H groups in total. The van der Waals surface area contributed by atoms with Gasteiger partial charge in [-0.3, -0.25) is 5.10 Å². The predicted molar refractivity (Wildman–Crippen MR) is 98.6 cm³/mol. The van der Waals surface area contributed by atoms with E-state index in [0.717, 1.165) is 22.3 Å². The molecule has 0 fully saturated rings. The van der Waals surface area contributed by atoms with Crippen LogP contribution in [-0.4, -0.2) is 20.3 Å². The van der Waals surface area contributed by atoms with Crippen LogP contribution in [0.25, 0.3) is 33.9 Å². The lowest BCUT2D eigenvalue weighted by Gasteiger charge is -2.03. The number of hydrogen-bond acceptors (Lipinski definition) is 3. The van der Waals surface area contributed by atoms with Crippen molar-refractivity contribution in [1.29, 1.82) is 0 Å². The molecule has 0 saturated carbocycles. The van der Waals surface area contributed by atoms with Crippen LogP contribution in [0.4, 0.5) is 0 Å². The summed E-state index contributed by atoms with van der Waals surface area (Å²) in [6.07, 6.45) is 0. The van der Waals surface area contributed by atoms with Crippen LogP contribution in [0.5, 0.6) is 0 Å². The van der Waals surface area contributed by atoms with Gasteiger partial charge in [0.1, 0.15) is 0 Å². The van der Waals surface area contributed by atoms with Gasteiger partial charge in [-0.25, -0.2) is 4.98 Å². The average Bonchev–Trinajstić information content (AvgIpc) is 3.19. The summed E-state index contributed by atoms with van der Waals surface area (Å²) in [5.41, 5.74) is 4.98. The van der Waals surface area contributed by atoms with Crippen LogP contribution in [0.15, 0.2) is 78.9 Å². The van der Waals surface area contributed by atoms with Crippen LogP contribution < -0.4 is 0 Å². The summed E-state index contributed by atoms with van der Waals surface area (Å²) in [6, 6.07) is 26.1. The summed E-state index contributed by atoms with van der Waals surface area (Å²) < 4.78 is 0. The molecule has 4 rings (SSSR count). The Morgan fingerprint density at radius 2 is 1.36 bits per heavy atom. The van der Waals surface area contributed by atoms with Crippen molar-refractivity contribution in [3.8, 4) is 33.9 Å². The number of aromatic nitrogens is 3. The molecule has 0 aliphatic rings. The van der Waals surface area contributed by atoms with Gasteiger partial charge in [-0.2, -0.15) is 5.10 Å². The molecule has 0 amide bonds. The number of benzene rings is 3. The summed E-state index contributed by atoms with van der Waals surface area (Å²) >= 11 is 0. The number of rotatable bonds is 4. The van der Waals surface area contributed by atoms with Crippen LogP contribution in [0, 0.1) is 0 Å². The molecule has 3 aromatic carbocycles. The molecule has 122 valence electrons. The van der Waals surface area contributed by atoms with Gasteiger partial charge in [0.05, 0.1) is 6.61 Å². The van der Waals surface area contributed by atoms with E-state index in [0.29, 0.717) is 11.6 Å². The van der Waals surface area contributed by atoms with Crippen molar-refractivity contribution in [3.05, 3.63) is 84.4 Å². The van der Waals surface area contributed by atoms with Crippen molar-refractivity contribution >= 4 is 0 Å². The van der Waals surface area contributed by atoms with Crippen LogP contribution in [-0.2, 0) is 6.61 Å². The number of hydrogen-bond donors (Lipinski definition) is 2. The monoisotopic (exact) mass is 327 g/mol. The molecule has 1 aromatic heterocycles. The van der Waals surface area contributed by atoms with E-state index in [1.54, 1.807) is 0 Å². The first-order chi connectivity index (χ1) is 12.3. The number of aromatic amines is 1. The zero-order valence-corrected chi connectivity index (χ0v) is 13.6. The van der Waals surface area contributed by atoms with E-state index in [4.69, 9.17) is 0 Å². The van der Waals surface area contributed by atoms with E-state index in [1.807, 2.05) is 54.6 Å². The standard InChI is InChI=1S/C21H17N3O/c25-14-18-8-4-5-9-19(18)21-22-20(23-24-21)17-12-10-16(11-13-17)15-6-2-1-3-7-15/h1-13,25H,14H2,(H,22,23,24). The number of nitrogens with one attached hydrogen (secondary N) is 1. The molecule has 0 atom stereocenters. The normalized spacial score (nSPS) is 10.8. The number of aliphatic hydroxyl groups excluding tert-OH is 1. The molecule has 0 aliphatic carbocycles. The van der Waals surface area contributed by atoms with E-state index in [1.165, 1.54) is 5.56 Å². The minimum atomic E-state index is -0.0298. The predicted octanol–water partition coefficient (Wildman–Crippen LogP) is 4.30. The fourth-order valence-corrected chi connectivity index (χ4v) is 2.84. The molecule has 0 spiro atoms. The summed E-state index contributed by atoms with van der Waals surface area (Å²) in [6.45, 7) is -0.0298. The van der Waals surface area contributed by atoms with Gasteiger partial charge >= 0.3 is 0 Å². The SMILES string of the molecule is OCc1ccccc1-c1nc(-c2ccc(-c3ccccc3)cc2)n[nH]1. The number of nitrogens with zero attached hydrogens (tertiary/aromatic N) is 2. The Kier molecular flexibility index (Phi) is 4.11. The van der Waals surface area contributed by atoms with E-state index in [-0.39, 0.29) is 6.61 Å². The van der Waals surface area contributed by atoms with Crippen molar-refractivity contribution in [2.75, 3.05) is 0 Å². The number of aliphatic hydroxyl groups is 1. The minimum Gasteiger partial charge on any atom is -0.392 e. The highest BCUT2D eigenvalue weighted by atomic mass is 16.3. The number of H-pyrrole nitrogens is 1. The van der Waals surface area contributed by atoms with Gasteiger partial charge in [0.2, 0.25) is 0 Å². The lowest BCUT2D eigenvalue weighted by molar-refractivity contribution is 0.282. The van der Waals surface area contributed by atoms with Crippen molar-refractivity contribution in [2.45, 2.75) is 6.61 Å². The Hall–Kier alpha value is -3.24. The van der Waals surface area contributed by atoms with Gasteiger partial charge in [-0.15, -0.1) is 0 Å². The van der Waals surface area contributed by atoms with Gasteiger partial charge in [0.15, 0.2) is 11.6 Å². The quantitative estimate of drug-likeness (QED) is 0.587. The highest BCUT2D eigenvalue weighted by Gasteiger charge is 2.10. The van der Waals surface area contributed by atoms with E-state index in [2.05, 4.69) is 39.4 Å². The maximum absolute atomic E-state index is 9.48. The zero-order chi connectivity index (χ0) is 17.1. The highest BCUT2D eigenvalue weighted by Crippen LogP contribution is 2.25. The first-order valence-electron chi connectivity index (χ1n) is 8.12. The summed E-state index contributed by atoms with van der Waals surface area (Å²) in [5, 5.41) is 16.8. The van der Waals surface area contributed by atoms with Gasteiger partial charge in [0, 0.05) is 11.1 Å². The Balaban J connectivity index is 1.64. The molecule has 0 bridgehead atoms. The molecule has 0 unspecified atom stereocenters. The van der Waals surface area contributed by atoms with E-state index < -0.39 is 0 Å². The van der Waals surface area contributed by atoms with E-state index in [9.17, 15) is 5.11 Å². The summed E-state index contributed by atoms with van der Waals surface area (Å²) in [7, 11) is 0. The lowest BCUT2D eigenvalue weighted by Crippen LogP contribution is -1.90. The second-order valence-electron chi connectivity index (χ2n) is 5.77. The summed E-state index contributed by atoms with van der Waals surface area (Å²) in [5.74, 6) is 1.30. The Morgan fingerprint density at radius 1 is 0.720 bits per heavy atom. The fourth-order valence-electron chi connectivity index (χ4n) is 2.84. The second-order valence-corrected chi connectivity index (χ2v) is 5.77. The fraction of sp³-hybridized carbons (Fsp3) is 0.0476. The van der Waals surface area contributed by atoms with Crippen LogP contribution >= 0.6 is 0 Å². The van der Waals surface area contributed by atoms with Crippen molar-refractivity contribution in [1.82, 2.24) is 15.2 Å². The van der Waals surface area contributed by atoms with Crippen LogP contribution in [0.3, 0.4) is 0 Å². The topological polar surface area (TPSA) is 61.8 Å². The molecule has 4 aromatic rings. The third-order valence-corrected chi connectivity index (χ3v) is 4.18. The Morgan fingerprint density at radius 3 is 2.12 bits per heavy atom. The van der Waals surface area contributed by atoms with Gasteiger partial charge in [-0.1, -0.05) is 78.9 Å². The van der Waals surface area contributed by atoms with Crippen molar-refractivity contribution < 1.29 is 5.11 Å². The largest absolute Gasteiger partial charge is 0.392 e. The molecular formula is C21H17N3O. The van der Waals surface area contributed by atoms with Crippen molar-refractivity contribution in [2.24, 2.45) is 0 Å². The smallest absolute Gasteiger partial charge is 0.181 e. The molecule has 25 heavy (non-hydrogen) atoms. The van der Waals surface area contributed by atoms with Crippen LogP contribution in [0.2, 0.25) is 0 Å². The first kappa shape index (κ1) is 15.3. The molecule has 0 saturated heterocycles. The molecule has 4 heteroatoms. The second kappa shape index (κ2) is 6.71. The van der Waals surface area contributed by atoms with Gasteiger partial charge in [-0.05, 0) is 16.7 Å².